The average molecular weight is 840 g/mol. The summed E-state index contributed by atoms with van der Waals surface area (Å²) in [5.74, 6) is 1.61. The predicted molar refractivity (Wildman–Crippen MR) is 203 cm³/mol. The fourth-order valence-electron chi connectivity index (χ4n) is 5.47. The van der Waals surface area contributed by atoms with Gasteiger partial charge in [-0.2, -0.15) is 4.98 Å². The molecule has 2 aliphatic carbocycles. The molecule has 8 atom stereocenters. The second kappa shape index (κ2) is 23.1. The van der Waals surface area contributed by atoms with Gasteiger partial charge in [0.05, 0.1) is 15.9 Å². The molecular formula is C30H41Cl3N10O8S2. The van der Waals surface area contributed by atoms with Gasteiger partial charge in [0.2, 0.25) is 21.3 Å². The van der Waals surface area contributed by atoms with E-state index in [1.54, 1.807) is 14.2 Å². The van der Waals surface area contributed by atoms with Gasteiger partial charge in [-0.3, -0.25) is 20.2 Å². The van der Waals surface area contributed by atoms with Crippen molar-refractivity contribution < 1.29 is 28.8 Å². The van der Waals surface area contributed by atoms with Crippen LogP contribution in [0, 0.1) is 33.4 Å². The monoisotopic (exact) mass is 838 g/mol. The maximum atomic E-state index is 11.4. The Morgan fingerprint density at radius 1 is 0.755 bits per heavy atom. The second-order valence-electron chi connectivity index (χ2n) is 11.2. The Labute approximate surface area is 330 Å². The van der Waals surface area contributed by atoms with Crippen LogP contribution in [0.3, 0.4) is 0 Å². The number of anilines is 1. The number of thioether (sulfide) groups is 2. The molecule has 0 amide bonds. The summed E-state index contributed by atoms with van der Waals surface area (Å²) in [6, 6.07) is -1.00. The molecule has 0 aliphatic heterocycles. The van der Waals surface area contributed by atoms with Crippen molar-refractivity contribution in [3.05, 3.63) is 58.5 Å². The number of rotatable bonds is 14. The fourth-order valence-corrected chi connectivity index (χ4v) is 7.78. The summed E-state index contributed by atoms with van der Waals surface area (Å²) in [5, 5.41) is 25.0. The number of ether oxygens (including phenoxy) is 4. The molecule has 2 saturated carbocycles. The van der Waals surface area contributed by atoms with Crippen molar-refractivity contribution in [1.82, 2.24) is 19.9 Å². The lowest BCUT2D eigenvalue weighted by molar-refractivity contribution is -0.385. The summed E-state index contributed by atoms with van der Waals surface area (Å²) in [6.45, 7) is 18.3. The van der Waals surface area contributed by atoms with Crippen LogP contribution in [0.25, 0.3) is 9.69 Å². The summed E-state index contributed by atoms with van der Waals surface area (Å²) >= 11 is 20.0. The van der Waals surface area contributed by atoms with Crippen LogP contribution in [0.1, 0.15) is 39.5 Å². The SMILES string of the molecule is CCCSc1nc(Cl)c([N+](=O)[O-])c(Cl)n1.[C-]#[N+][C@H]1CC(Nc2nc(SCCC)nc(Cl)c2[N+](=O)[O-])[C@H](OC)[C@@H]1OC.[C-]#[N+][C@H]1C[C@@H](N)[C@H](OC)[C@@H]1OC. The molecule has 1 unspecified atom stereocenters. The van der Waals surface area contributed by atoms with Gasteiger partial charge in [-0.05, 0) is 12.8 Å². The molecule has 2 fully saturated rings. The van der Waals surface area contributed by atoms with Crippen molar-refractivity contribution in [2.75, 3.05) is 45.3 Å². The normalized spacial score (nSPS) is 24.5. The van der Waals surface area contributed by atoms with Crippen LogP contribution in [-0.4, -0.2) is 118 Å². The van der Waals surface area contributed by atoms with Crippen molar-refractivity contribution in [2.45, 2.75) is 98.4 Å². The molecule has 4 rings (SSSR count). The zero-order chi connectivity index (χ0) is 39.8. The third-order valence-electron chi connectivity index (χ3n) is 7.81. The molecule has 18 nitrogen and oxygen atoms in total. The summed E-state index contributed by atoms with van der Waals surface area (Å²) < 4.78 is 21.2. The maximum absolute atomic E-state index is 11.4. The number of methoxy groups -OCH3 is 4. The summed E-state index contributed by atoms with van der Waals surface area (Å²) in [6.07, 6.45) is 1.76. The van der Waals surface area contributed by atoms with Crippen molar-refractivity contribution in [2.24, 2.45) is 5.73 Å². The topological polar surface area (TPSA) is 222 Å². The van der Waals surface area contributed by atoms with Gasteiger partial charge in [-0.25, -0.2) is 28.1 Å². The Kier molecular flexibility index (Phi) is 20.2. The predicted octanol–water partition coefficient (Wildman–Crippen LogP) is 6.27. The number of nitro groups is 2. The molecule has 2 aliphatic rings. The molecule has 0 aromatic carbocycles. The molecule has 53 heavy (non-hydrogen) atoms. The quantitative estimate of drug-likeness (QED) is 0.0534. The van der Waals surface area contributed by atoms with Gasteiger partial charge >= 0.3 is 11.4 Å². The smallest absolute Gasteiger partial charge is 0.348 e. The first-order valence-electron chi connectivity index (χ1n) is 16.0. The number of nitrogens with zero attached hydrogens (tertiary/aromatic N) is 8. The van der Waals surface area contributed by atoms with Crippen LogP contribution in [0.15, 0.2) is 10.3 Å². The van der Waals surface area contributed by atoms with Gasteiger partial charge in [0.1, 0.15) is 12.2 Å². The summed E-state index contributed by atoms with van der Waals surface area (Å²) in [7, 11) is 6.22. The second-order valence-corrected chi connectivity index (χ2v) is 14.4. The van der Waals surface area contributed by atoms with Gasteiger partial charge in [-0.1, -0.05) is 72.2 Å². The van der Waals surface area contributed by atoms with E-state index in [1.807, 2.05) is 13.8 Å². The summed E-state index contributed by atoms with van der Waals surface area (Å²) in [4.78, 5) is 43.5. The van der Waals surface area contributed by atoms with E-state index in [4.69, 9.17) is 72.6 Å². The molecule has 2 aromatic heterocycles. The fraction of sp³-hybridized carbons (Fsp3) is 0.667. The van der Waals surface area contributed by atoms with Crippen molar-refractivity contribution in [3.63, 3.8) is 0 Å². The molecule has 3 N–H and O–H groups in total. The number of nitrogens with one attached hydrogen (secondary N) is 1. The first-order chi connectivity index (χ1) is 25.3. The third-order valence-corrected chi connectivity index (χ3v) is 10.7. The lowest BCUT2D eigenvalue weighted by atomic mass is 10.2. The lowest BCUT2D eigenvalue weighted by Crippen LogP contribution is -2.38. The minimum absolute atomic E-state index is 0.0288. The lowest BCUT2D eigenvalue weighted by Gasteiger charge is -2.22. The summed E-state index contributed by atoms with van der Waals surface area (Å²) in [5.41, 5.74) is 4.94. The molecule has 2 aromatic rings. The highest BCUT2D eigenvalue weighted by atomic mass is 35.5. The van der Waals surface area contributed by atoms with Gasteiger partial charge < -0.3 is 39.7 Å². The highest BCUT2D eigenvalue weighted by molar-refractivity contribution is 7.99. The number of halogens is 3. The molecule has 0 radical (unpaired) electrons. The Morgan fingerprint density at radius 2 is 1.17 bits per heavy atom. The van der Waals surface area contributed by atoms with Crippen LogP contribution in [-0.2, 0) is 18.9 Å². The van der Waals surface area contributed by atoms with E-state index < -0.39 is 33.8 Å². The average Bonchev–Trinajstić information content (AvgIpc) is 3.63. The molecule has 23 heteroatoms. The highest BCUT2D eigenvalue weighted by Gasteiger charge is 2.49. The van der Waals surface area contributed by atoms with Gasteiger partial charge in [0, 0.05) is 58.8 Å². The first kappa shape index (κ1) is 46.3. The Balaban J connectivity index is 0.000000304. The first-order valence-corrected chi connectivity index (χ1v) is 19.1. The van der Waals surface area contributed by atoms with E-state index in [0.29, 0.717) is 23.2 Å². The zero-order valence-corrected chi connectivity index (χ0v) is 33.6. The van der Waals surface area contributed by atoms with Crippen LogP contribution in [0.2, 0.25) is 15.5 Å². The largest absolute Gasteiger partial charge is 0.377 e. The molecule has 2 heterocycles. The van der Waals surface area contributed by atoms with E-state index in [2.05, 4.69) is 34.9 Å². The maximum Gasteiger partial charge on any atom is 0.348 e. The van der Waals surface area contributed by atoms with Crippen LogP contribution < -0.4 is 11.1 Å². The Morgan fingerprint density at radius 3 is 1.58 bits per heavy atom. The number of aromatic nitrogens is 4. The van der Waals surface area contributed by atoms with Crippen molar-refractivity contribution in [1.29, 1.82) is 0 Å². The zero-order valence-electron chi connectivity index (χ0n) is 29.7. The van der Waals surface area contributed by atoms with Gasteiger partial charge in [0.25, 0.3) is 12.1 Å². The van der Waals surface area contributed by atoms with E-state index >= 15 is 0 Å². The van der Waals surface area contributed by atoms with Crippen LogP contribution >= 0.6 is 58.3 Å². The van der Waals surface area contributed by atoms with Crippen molar-refractivity contribution in [3.8, 4) is 0 Å². The van der Waals surface area contributed by atoms with E-state index in [9.17, 15) is 20.2 Å². The minimum atomic E-state index is -0.696. The van der Waals surface area contributed by atoms with E-state index in [0.717, 1.165) is 24.3 Å². The standard InChI is InChI=1S/C15H20ClN5O4S.C8H14N2O2.C7H7Cl2N3O2S/c1-5-6-26-15-19-13(16)10(21(22)23)14(20-15)18-9-7-8(17-2)11(24-3)12(9)25-4;1-10-6-4-5(9)7(11-2)8(6)12-3;1-2-3-15-7-10-5(8)4(12(13)14)6(9)11-7/h8-9,11-12H,5-7H2,1,3-4H3,(H,18,19,20);5-8H,4,9H2,2-3H3;2-3H2,1H3/t8-,9?,11+,12-;5-,6+,7+,8-;/m01./s1. The van der Waals surface area contributed by atoms with Gasteiger partial charge in [0.15, 0.2) is 22.5 Å². The Bertz CT molecular complexity index is 1600. The molecule has 0 spiro atoms. The Hall–Kier alpha value is -2.89. The van der Waals surface area contributed by atoms with E-state index in [1.165, 1.54) is 37.7 Å². The molecule has 0 bridgehead atoms. The number of hydrogen-bond donors (Lipinski definition) is 2. The van der Waals surface area contributed by atoms with Crippen molar-refractivity contribution >= 4 is 75.5 Å². The minimum Gasteiger partial charge on any atom is -0.377 e. The number of hydrogen-bond acceptors (Lipinski definition) is 16. The third kappa shape index (κ3) is 12.6. The molecule has 0 saturated heterocycles. The van der Waals surface area contributed by atoms with Crippen LogP contribution in [0.5, 0.6) is 0 Å². The van der Waals surface area contributed by atoms with Crippen LogP contribution in [0.4, 0.5) is 17.2 Å². The number of nitrogens with two attached hydrogens (primary N) is 1. The van der Waals surface area contributed by atoms with E-state index in [-0.39, 0.29) is 57.3 Å². The highest BCUT2D eigenvalue weighted by Crippen LogP contribution is 2.36. The van der Waals surface area contributed by atoms with Gasteiger partial charge in [-0.15, -0.1) is 0 Å². The molecular weight excluding hydrogens is 799 g/mol. The molecule has 292 valence electrons.